The van der Waals surface area contributed by atoms with Gasteiger partial charge in [-0.1, -0.05) is 42.0 Å². The molecule has 0 saturated heterocycles. The molecule has 1 aliphatic rings. The number of halogens is 1. The Labute approximate surface area is 130 Å². The first kappa shape index (κ1) is 14.2. The highest BCUT2D eigenvalue weighted by atomic mass is 35.5. The van der Waals surface area contributed by atoms with Crippen LogP contribution in [0.3, 0.4) is 0 Å². The number of carbonyl (C=O) groups is 1. The first-order valence-corrected chi connectivity index (χ1v) is 7.60. The van der Waals surface area contributed by atoms with E-state index in [-0.39, 0.29) is 11.3 Å². The number of benzene rings is 2. The third kappa shape index (κ3) is 2.68. The van der Waals surface area contributed by atoms with E-state index in [0.717, 1.165) is 23.2 Å². The van der Waals surface area contributed by atoms with Crippen molar-refractivity contribution < 1.29 is 4.79 Å². The Morgan fingerprint density at radius 3 is 2.62 bits per heavy atom. The van der Waals surface area contributed by atoms with Gasteiger partial charge in [0.2, 0.25) is 5.91 Å². The SMILES string of the molecule is Cc1cccc(C(Cl)c2ccc3c(c2)CCC(=O)N3C)c1. The standard InChI is InChI=1S/C18H18ClNO/c1-12-4-3-5-14(10-12)18(19)15-6-8-16-13(11-15)7-9-17(21)20(16)2/h3-6,8,10-11,18H,7,9H2,1-2H3. The van der Waals surface area contributed by atoms with Crippen molar-refractivity contribution in [2.75, 3.05) is 11.9 Å². The number of aryl methyl sites for hydroxylation is 2. The fraction of sp³-hybridized carbons (Fsp3) is 0.278. The average molecular weight is 300 g/mol. The maximum atomic E-state index is 11.7. The number of fused-ring (bicyclic) bond motifs is 1. The zero-order valence-corrected chi connectivity index (χ0v) is 13.0. The molecule has 1 unspecified atom stereocenters. The smallest absolute Gasteiger partial charge is 0.227 e. The topological polar surface area (TPSA) is 20.3 Å². The van der Waals surface area contributed by atoms with Gasteiger partial charge >= 0.3 is 0 Å². The molecule has 0 saturated carbocycles. The average Bonchev–Trinajstić information content (AvgIpc) is 2.50. The third-order valence-electron chi connectivity index (χ3n) is 4.07. The van der Waals surface area contributed by atoms with Crippen molar-refractivity contribution >= 4 is 23.2 Å². The van der Waals surface area contributed by atoms with E-state index in [0.29, 0.717) is 6.42 Å². The lowest BCUT2D eigenvalue weighted by Gasteiger charge is -2.26. The van der Waals surface area contributed by atoms with E-state index in [4.69, 9.17) is 11.6 Å². The van der Waals surface area contributed by atoms with Crippen LogP contribution in [-0.4, -0.2) is 13.0 Å². The fourth-order valence-corrected chi connectivity index (χ4v) is 3.13. The van der Waals surface area contributed by atoms with Crippen LogP contribution < -0.4 is 4.90 Å². The van der Waals surface area contributed by atoms with Crippen molar-refractivity contribution in [3.8, 4) is 0 Å². The molecule has 3 rings (SSSR count). The van der Waals surface area contributed by atoms with E-state index in [1.165, 1.54) is 11.1 Å². The molecule has 0 bridgehead atoms. The normalized spacial score (nSPS) is 15.8. The molecule has 2 aromatic rings. The van der Waals surface area contributed by atoms with Crippen molar-refractivity contribution in [3.05, 3.63) is 64.7 Å². The van der Waals surface area contributed by atoms with E-state index in [1.807, 2.05) is 25.2 Å². The monoisotopic (exact) mass is 299 g/mol. The van der Waals surface area contributed by atoms with Crippen molar-refractivity contribution in [2.24, 2.45) is 0 Å². The summed E-state index contributed by atoms with van der Waals surface area (Å²) in [5.74, 6) is 0.177. The molecular formula is C18H18ClNO. The number of alkyl halides is 1. The molecule has 0 spiro atoms. The second-order valence-corrected chi connectivity index (χ2v) is 6.05. The maximum absolute atomic E-state index is 11.7. The van der Waals surface area contributed by atoms with Gasteiger partial charge in [-0.15, -0.1) is 11.6 Å². The van der Waals surface area contributed by atoms with Crippen LogP contribution in [0.4, 0.5) is 5.69 Å². The van der Waals surface area contributed by atoms with Gasteiger partial charge in [0, 0.05) is 19.2 Å². The Morgan fingerprint density at radius 1 is 1.10 bits per heavy atom. The Morgan fingerprint density at radius 2 is 1.86 bits per heavy atom. The van der Waals surface area contributed by atoms with Gasteiger partial charge in [0.25, 0.3) is 0 Å². The summed E-state index contributed by atoms with van der Waals surface area (Å²) in [5.41, 5.74) is 5.61. The summed E-state index contributed by atoms with van der Waals surface area (Å²) in [6, 6.07) is 14.4. The van der Waals surface area contributed by atoms with Crippen LogP contribution in [0.25, 0.3) is 0 Å². The van der Waals surface area contributed by atoms with Gasteiger partial charge in [0.1, 0.15) is 0 Å². The molecule has 3 heteroatoms. The molecule has 1 heterocycles. The van der Waals surface area contributed by atoms with Crippen LogP contribution in [0.5, 0.6) is 0 Å². The summed E-state index contributed by atoms with van der Waals surface area (Å²) in [6.45, 7) is 2.07. The number of anilines is 1. The van der Waals surface area contributed by atoms with E-state index in [9.17, 15) is 4.79 Å². The van der Waals surface area contributed by atoms with Crippen LogP contribution >= 0.6 is 11.6 Å². The van der Waals surface area contributed by atoms with Crippen molar-refractivity contribution in [3.63, 3.8) is 0 Å². The highest BCUT2D eigenvalue weighted by Gasteiger charge is 2.22. The van der Waals surface area contributed by atoms with Gasteiger partial charge in [0.15, 0.2) is 0 Å². The van der Waals surface area contributed by atoms with Gasteiger partial charge in [0.05, 0.1) is 5.38 Å². The largest absolute Gasteiger partial charge is 0.315 e. The summed E-state index contributed by atoms with van der Waals surface area (Å²) < 4.78 is 0. The Hall–Kier alpha value is -1.80. The van der Waals surface area contributed by atoms with E-state index < -0.39 is 0 Å². The van der Waals surface area contributed by atoms with Crippen molar-refractivity contribution in [1.29, 1.82) is 0 Å². The first-order chi connectivity index (χ1) is 10.1. The van der Waals surface area contributed by atoms with Crippen LogP contribution in [0, 0.1) is 6.92 Å². The lowest BCUT2D eigenvalue weighted by Crippen LogP contribution is -2.31. The van der Waals surface area contributed by atoms with Crippen LogP contribution in [-0.2, 0) is 11.2 Å². The molecular weight excluding hydrogens is 282 g/mol. The number of rotatable bonds is 2. The molecule has 21 heavy (non-hydrogen) atoms. The van der Waals surface area contributed by atoms with E-state index in [2.05, 4.69) is 31.2 Å². The fourth-order valence-electron chi connectivity index (χ4n) is 2.85. The van der Waals surface area contributed by atoms with Crippen LogP contribution in [0.2, 0.25) is 0 Å². The van der Waals surface area contributed by atoms with Crippen LogP contribution in [0.1, 0.15) is 34.1 Å². The summed E-state index contributed by atoms with van der Waals surface area (Å²) in [6.07, 6.45) is 1.37. The molecule has 0 aromatic heterocycles. The Balaban J connectivity index is 1.95. The number of hydrogen-bond donors (Lipinski definition) is 0. The second kappa shape index (κ2) is 5.53. The second-order valence-electron chi connectivity index (χ2n) is 5.62. The number of hydrogen-bond acceptors (Lipinski definition) is 1. The zero-order chi connectivity index (χ0) is 15.0. The molecule has 0 aliphatic carbocycles. The van der Waals surface area contributed by atoms with E-state index in [1.54, 1.807) is 4.90 Å². The lowest BCUT2D eigenvalue weighted by molar-refractivity contribution is -0.118. The quantitative estimate of drug-likeness (QED) is 0.760. The molecule has 1 amide bonds. The number of carbonyl (C=O) groups excluding carboxylic acids is 1. The van der Waals surface area contributed by atoms with Crippen molar-refractivity contribution in [2.45, 2.75) is 25.1 Å². The van der Waals surface area contributed by atoms with Gasteiger partial charge in [-0.3, -0.25) is 4.79 Å². The maximum Gasteiger partial charge on any atom is 0.227 e. The molecule has 108 valence electrons. The molecule has 0 fully saturated rings. The Kier molecular flexibility index (Phi) is 3.73. The lowest BCUT2D eigenvalue weighted by atomic mass is 9.95. The molecule has 2 aromatic carbocycles. The van der Waals surface area contributed by atoms with Crippen molar-refractivity contribution in [1.82, 2.24) is 0 Å². The predicted octanol–water partition coefficient (Wildman–Crippen LogP) is 4.23. The predicted molar refractivity (Wildman–Crippen MR) is 87.0 cm³/mol. The summed E-state index contributed by atoms with van der Waals surface area (Å²) >= 11 is 6.63. The zero-order valence-electron chi connectivity index (χ0n) is 12.3. The minimum Gasteiger partial charge on any atom is -0.315 e. The summed E-state index contributed by atoms with van der Waals surface area (Å²) in [7, 11) is 1.83. The summed E-state index contributed by atoms with van der Waals surface area (Å²) in [5, 5.41) is -0.155. The van der Waals surface area contributed by atoms with Gasteiger partial charge in [-0.25, -0.2) is 0 Å². The molecule has 1 atom stereocenters. The van der Waals surface area contributed by atoms with Gasteiger partial charge in [-0.2, -0.15) is 0 Å². The highest BCUT2D eigenvalue weighted by Crippen LogP contribution is 2.34. The number of amides is 1. The highest BCUT2D eigenvalue weighted by molar-refractivity contribution is 6.22. The van der Waals surface area contributed by atoms with Crippen LogP contribution in [0.15, 0.2) is 42.5 Å². The molecule has 2 nitrogen and oxygen atoms in total. The third-order valence-corrected chi connectivity index (χ3v) is 4.58. The molecule has 1 aliphatic heterocycles. The molecule has 0 radical (unpaired) electrons. The molecule has 0 N–H and O–H groups in total. The van der Waals surface area contributed by atoms with Gasteiger partial charge < -0.3 is 4.90 Å². The summed E-state index contributed by atoms with van der Waals surface area (Å²) in [4.78, 5) is 13.5. The van der Waals surface area contributed by atoms with Gasteiger partial charge in [-0.05, 0) is 36.1 Å². The Bertz CT molecular complexity index is 695. The minimum absolute atomic E-state index is 0.155. The number of nitrogens with zero attached hydrogens (tertiary/aromatic N) is 1. The van der Waals surface area contributed by atoms with E-state index >= 15 is 0 Å². The minimum atomic E-state index is -0.155. The first-order valence-electron chi connectivity index (χ1n) is 7.16.